The van der Waals surface area contributed by atoms with Gasteiger partial charge in [0.1, 0.15) is 0 Å². The molecule has 1 aliphatic rings. The summed E-state index contributed by atoms with van der Waals surface area (Å²) in [6.07, 6.45) is 4.47. The summed E-state index contributed by atoms with van der Waals surface area (Å²) in [5.74, 6) is 0.705. The topological polar surface area (TPSA) is 18.5 Å². The molecule has 2 rings (SSSR count). The molecule has 1 saturated heterocycles. The normalized spacial score (nSPS) is 18.6. The molecular formula is C14H21LiO2. The smallest absolute Gasteiger partial charge is 0.353 e. The molecule has 0 bridgehead atoms. The molecule has 1 aliphatic heterocycles. The molecule has 2 nitrogen and oxygen atoms in total. The quantitative estimate of drug-likeness (QED) is 0.527. The van der Waals surface area contributed by atoms with Gasteiger partial charge in [0.2, 0.25) is 0 Å². The predicted molar refractivity (Wildman–Crippen MR) is 64.4 cm³/mol. The molecule has 3 heteroatoms. The predicted octanol–water partition coefficient (Wildman–Crippen LogP) is 0.131. The van der Waals surface area contributed by atoms with Crippen LogP contribution < -0.4 is 18.9 Å². The average molecular weight is 228 g/mol. The third-order valence-corrected chi connectivity index (χ3v) is 3.11. The van der Waals surface area contributed by atoms with E-state index in [2.05, 4.69) is 31.2 Å². The van der Waals surface area contributed by atoms with E-state index in [-0.39, 0.29) is 25.2 Å². The first-order chi connectivity index (χ1) is 7.84. The van der Waals surface area contributed by atoms with E-state index in [1.165, 1.54) is 18.4 Å². The summed E-state index contributed by atoms with van der Waals surface area (Å²) in [5.41, 5.74) is 1.44. The Morgan fingerprint density at radius 2 is 1.88 bits per heavy atom. The van der Waals surface area contributed by atoms with Gasteiger partial charge in [0.05, 0.1) is 13.2 Å². The fourth-order valence-corrected chi connectivity index (χ4v) is 2.18. The monoisotopic (exact) mass is 228 g/mol. The molecule has 1 atom stereocenters. The first-order valence-electron chi connectivity index (χ1n) is 6.28. The standard InChI is InChI=1S/C14H21O2.Li/c1-12(11-13-5-2-3-6-13)7-8-14-15-9-4-10-16-14;/h2-3,5-6,12,14H,4,7-11H2,1H3;/q-1;+1. The van der Waals surface area contributed by atoms with Crippen molar-refractivity contribution in [3.05, 3.63) is 29.8 Å². The van der Waals surface area contributed by atoms with E-state index in [4.69, 9.17) is 9.47 Å². The summed E-state index contributed by atoms with van der Waals surface area (Å²) < 4.78 is 11.1. The van der Waals surface area contributed by atoms with Crippen LogP contribution in [0.1, 0.15) is 31.7 Å². The van der Waals surface area contributed by atoms with Gasteiger partial charge in [-0.15, -0.1) is 0 Å². The Morgan fingerprint density at radius 3 is 2.53 bits per heavy atom. The van der Waals surface area contributed by atoms with Gasteiger partial charge in [-0.25, -0.2) is 12.1 Å². The first kappa shape index (κ1) is 14.9. The molecule has 0 N–H and O–H groups in total. The maximum Gasteiger partial charge on any atom is 1.00 e. The zero-order chi connectivity index (χ0) is 11.2. The largest absolute Gasteiger partial charge is 1.00 e. The van der Waals surface area contributed by atoms with Crippen molar-refractivity contribution in [2.24, 2.45) is 5.92 Å². The van der Waals surface area contributed by atoms with Crippen LogP contribution in [0, 0.1) is 5.92 Å². The van der Waals surface area contributed by atoms with Gasteiger partial charge in [-0.05, 0) is 19.3 Å². The number of ether oxygens (including phenoxy) is 2. The maximum atomic E-state index is 5.54. The van der Waals surface area contributed by atoms with Crippen molar-refractivity contribution in [2.75, 3.05) is 13.2 Å². The second kappa shape index (κ2) is 8.05. The van der Waals surface area contributed by atoms with E-state index in [1.54, 1.807) is 0 Å². The molecule has 90 valence electrons. The van der Waals surface area contributed by atoms with Crippen LogP contribution >= 0.6 is 0 Å². The molecule has 1 aromatic carbocycles. The van der Waals surface area contributed by atoms with Crippen molar-refractivity contribution in [3.63, 3.8) is 0 Å². The number of hydrogen-bond donors (Lipinski definition) is 0. The van der Waals surface area contributed by atoms with Gasteiger partial charge in [-0.1, -0.05) is 19.3 Å². The molecule has 1 heterocycles. The third-order valence-electron chi connectivity index (χ3n) is 3.11. The zero-order valence-electron chi connectivity index (χ0n) is 11.0. The van der Waals surface area contributed by atoms with Gasteiger partial charge >= 0.3 is 18.9 Å². The van der Waals surface area contributed by atoms with Crippen LogP contribution in [-0.4, -0.2) is 19.5 Å². The van der Waals surface area contributed by atoms with Crippen LogP contribution in [0.25, 0.3) is 0 Å². The molecule has 0 spiro atoms. The molecule has 0 aromatic heterocycles. The van der Waals surface area contributed by atoms with Crippen LogP contribution in [0.2, 0.25) is 0 Å². The van der Waals surface area contributed by atoms with Gasteiger partial charge in [0.15, 0.2) is 6.29 Å². The molecule has 0 amide bonds. The van der Waals surface area contributed by atoms with E-state index in [1.807, 2.05) is 0 Å². The van der Waals surface area contributed by atoms with E-state index in [0.717, 1.165) is 26.1 Å². The Bertz CT molecular complexity index is 278. The SMILES string of the molecule is CC(CCC1OCCCO1)C[c-]1cccc1.[Li+]. The van der Waals surface area contributed by atoms with Crippen molar-refractivity contribution in [1.29, 1.82) is 0 Å². The summed E-state index contributed by atoms with van der Waals surface area (Å²) >= 11 is 0. The Morgan fingerprint density at radius 1 is 1.24 bits per heavy atom. The summed E-state index contributed by atoms with van der Waals surface area (Å²) in [7, 11) is 0. The van der Waals surface area contributed by atoms with Gasteiger partial charge in [0.25, 0.3) is 0 Å². The summed E-state index contributed by atoms with van der Waals surface area (Å²) in [6.45, 7) is 4.03. The molecule has 0 aliphatic carbocycles. The van der Waals surface area contributed by atoms with Crippen molar-refractivity contribution >= 4 is 0 Å². The molecule has 1 aromatic rings. The van der Waals surface area contributed by atoms with Crippen LogP contribution in [0.5, 0.6) is 0 Å². The van der Waals surface area contributed by atoms with Crippen molar-refractivity contribution in [2.45, 2.75) is 38.9 Å². The van der Waals surface area contributed by atoms with Crippen LogP contribution in [0.3, 0.4) is 0 Å². The molecular weight excluding hydrogens is 207 g/mol. The second-order valence-corrected chi connectivity index (χ2v) is 4.70. The zero-order valence-corrected chi connectivity index (χ0v) is 11.0. The fourth-order valence-electron chi connectivity index (χ4n) is 2.18. The Labute approximate surface area is 116 Å². The van der Waals surface area contributed by atoms with E-state index < -0.39 is 0 Å². The number of hydrogen-bond acceptors (Lipinski definition) is 2. The minimum absolute atomic E-state index is 0. The number of rotatable bonds is 5. The summed E-state index contributed by atoms with van der Waals surface area (Å²) in [6, 6.07) is 8.61. The summed E-state index contributed by atoms with van der Waals surface area (Å²) in [5, 5.41) is 0. The first-order valence-corrected chi connectivity index (χ1v) is 6.28. The Hall–Kier alpha value is -0.133. The molecule has 1 unspecified atom stereocenters. The van der Waals surface area contributed by atoms with Crippen LogP contribution in [0.4, 0.5) is 0 Å². The fraction of sp³-hybridized carbons (Fsp3) is 0.643. The minimum atomic E-state index is 0. The molecule has 1 fully saturated rings. The van der Waals surface area contributed by atoms with Crippen molar-refractivity contribution < 1.29 is 28.3 Å². The molecule has 0 radical (unpaired) electrons. The third kappa shape index (κ3) is 5.36. The van der Waals surface area contributed by atoms with Crippen molar-refractivity contribution in [1.82, 2.24) is 0 Å². The minimum Gasteiger partial charge on any atom is -0.353 e. The van der Waals surface area contributed by atoms with Gasteiger partial charge in [-0.2, -0.15) is 17.7 Å². The average Bonchev–Trinajstić information content (AvgIpc) is 2.81. The van der Waals surface area contributed by atoms with Crippen molar-refractivity contribution in [3.8, 4) is 0 Å². The van der Waals surface area contributed by atoms with E-state index >= 15 is 0 Å². The molecule has 17 heavy (non-hydrogen) atoms. The van der Waals surface area contributed by atoms with Crippen LogP contribution in [-0.2, 0) is 15.9 Å². The summed E-state index contributed by atoms with van der Waals surface area (Å²) in [4.78, 5) is 0. The Balaban J connectivity index is 0.00000144. The molecule has 0 saturated carbocycles. The second-order valence-electron chi connectivity index (χ2n) is 4.70. The van der Waals surface area contributed by atoms with Gasteiger partial charge in [-0.3, -0.25) is 0 Å². The van der Waals surface area contributed by atoms with E-state index in [0.29, 0.717) is 5.92 Å². The Kier molecular flexibility index (Phi) is 7.07. The van der Waals surface area contributed by atoms with Gasteiger partial charge in [0, 0.05) is 0 Å². The van der Waals surface area contributed by atoms with Crippen LogP contribution in [0.15, 0.2) is 24.3 Å². The van der Waals surface area contributed by atoms with Gasteiger partial charge < -0.3 is 9.47 Å². The maximum absolute atomic E-state index is 5.54. The van der Waals surface area contributed by atoms with E-state index in [9.17, 15) is 0 Å².